The number of thioether (sulfide) groups is 1. The molecule has 0 aliphatic rings. The molecule has 1 aromatic rings. The quantitative estimate of drug-likeness (QED) is 0.775. The molecule has 0 spiro atoms. The van der Waals surface area contributed by atoms with E-state index in [1.165, 1.54) is 0 Å². The third kappa shape index (κ3) is 5.04. The summed E-state index contributed by atoms with van der Waals surface area (Å²) in [5.41, 5.74) is 0.928. The topological polar surface area (TPSA) is 58.2 Å². The van der Waals surface area contributed by atoms with Gasteiger partial charge in [0.1, 0.15) is 0 Å². The van der Waals surface area contributed by atoms with E-state index in [-0.39, 0.29) is 6.04 Å². The Morgan fingerprint density at radius 3 is 2.32 bits per heavy atom. The lowest BCUT2D eigenvalue weighted by Gasteiger charge is -2.16. The molecule has 0 bridgehead atoms. The van der Waals surface area contributed by atoms with Crippen LogP contribution in [0.5, 0.6) is 0 Å². The second-order valence-electron chi connectivity index (χ2n) is 4.24. The van der Waals surface area contributed by atoms with E-state index in [0.717, 1.165) is 24.4 Å². The molecule has 1 atom stereocenters. The molecule has 1 aromatic carbocycles. The molecule has 4 nitrogen and oxygen atoms in total. The molecule has 0 aliphatic carbocycles. The average Bonchev–Trinajstić information content (AvgIpc) is 2.39. The second kappa shape index (κ2) is 7.77. The van der Waals surface area contributed by atoms with Gasteiger partial charge in [-0.25, -0.2) is 13.1 Å². The fourth-order valence-corrected chi connectivity index (χ4v) is 3.83. The average molecular weight is 302 g/mol. The first-order valence-electron chi connectivity index (χ1n) is 6.38. The van der Waals surface area contributed by atoms with E-state index in [4.69, 9.17) is 0 Å². The Kier molecular flexibility index (Phi) is 6.68. The molecule has 2 N–H and O–H groups in total. The summed E-state index contributed by atoms with van der Waals surface area (Å²) in [5.74, 6) is 0.783. The van der Waals surface area contributed by atoms with Crippen LogP contribution in [0.1, 0.15) is 20.3 Å². The van der Waals surface area contributed by atoms with Crippen LogP contribution in [0.4, 0.5) is 5.69 Å². The van der Waals surface area contributed by atoms with Crippen LogP contribution in [0.25, 0.3) is 0 Å². The fraction of sp³-hybridized carbons (Fsp3) is 0.538. The first kappa shape index (κ1) is 16.3. The van der Waals surface area contributed by atoms with Crippen LogP contribution in [0, 0.1) is 0 Å². The Morgan fingerprint density at radius 2 is 1.84 bits per heavy atom. The second-order valence-corrected chi connectivity index (χ2v) is 6.86. The van der Waals surface area contributed by atoms with Gasteiger partial charge in [0.25, 0.3) is 0 Å². The van der Waals surface area contributed by atoms with Crippen LogP contribution in [-0.4, -0.2) is 33.0 Å². The van der Waals surface area contributed by atoms with Crippen LogP contribution >= 0.6 is 11.8 Å². The van der Waals surface area contributed by atoms with Crippen molar-refractivity contribution in [3.8, 4) is 0 Å². The number of benzene rings is 1. The van der Waals surface area contributed by atoms with E-state index in [1.54, 1.807) is 36.0 Å². The highest BCUT2D eigenvalue weighted by Gasteiger charge is 2.18. The van der Waals surface area contributed by atoms with Crippen molar-refractivity contribution in [2.24, 2.45) is 0 Å². The molecule has 0 saturated carbocycles. The lowest BCUT2D eigenvalue weighted by Crippen LogP contribution is -2.36. The predicted molar refractivity (Wildman–Crippen MR) is 83.4 cm³/mol. The largest absolute Gasteiger partial charge is 0.385 e. The smallest absolute Gasteiger partial charge is 0.240 e. The van der Waals surface area contributed by atoms with Gasteiger partial charge in [0.15, 0.2) is 0 Å². The van der Waals surface area contributed by atoms with E-state index in [9.17, 15) is 8.42 Å². The summed E-state index contributed by atoms with van der Waals surface area (Å²) < 4.78 is 27.2. The van der Waals surface area contributed by atoms with Crippen LogP contribution in [0.3, 0.4) is 0 Å². The number of hydrogen-bond donors (Lipinski definition) is 2. The zero-order valence-corrected chi connectivity index (χ0v) is 13.3. The molecule has 1 unspecified atom stereocenters. The van der Waals surface area contributed by atoms with Gasteiger partial charge in [0.05, 0.1) is 4.90 Å². The van der Waals surface area contributed by atoms with Gasteiger partial charge in [-0.2, -0.15) is 11.8 Å². The Morgan fingerprint density at radius 1 is 1.21 bits per heavy atom. The maximum absolute atomic E-state index is 12.2. The molecule has 1 rings (SSSR count). The van der Waals surface area contributed by atoms with Crippen molar-refractivity contribution in [1.29, 1.82) is 0 Å². The van der Waals surface area contributed by atoms with Gasteiger partial charge >= 0.3 is 0 Å². The lowest BCUT2D eigenvalue weighted by molar-refractivity contribution is 0.558. The Hall–Kier alpha value is -0.720. The van der Waals surface area contributed by atoms with E-state index in [0.29, 0.717) is 4.90 Å². The van der Waals surface area contributed by atoms with Crippen LogP contribution in [-0.2, 0) is 10.0 Å². The summed E-state index contributed by atoms with van der Waals surface area (Å²) >= 11 is 1.64. The van der Waals surface area contributed by atoms with Crippen molar-refractivity contribution >= 4 is 27.5 Å². The number of nitrogens with one attached hydrogen (secondary N) is 2. The predicted octanol–water partition coefficient (Wildman–Crippen LogP) is 2.54. The van der Waals surface area contributed by atoms with Gasteiger partial charge in [0, 0.05) is 24.0 Å². The van der Waals surface area contributed by atoms with Crippen molar-refractivity contribution < 1.29 is 8.42 Å². The fourth-order valence-electron chi connectivity index (χ4n) is 1.68. The van der Waals surface area contributed by atoms with Gasteiger partial charge in [-0.3, -0.25) is 0 Å². The van der Waals surface area contributed by atoms with Crippen molar-refractivity contribution in [1.82, 2.24) is 4.72 Å². The molecule has 0 aromatic heterocycles. The van der Waals surface area contributed by atoms with Crippen molar-refractivity contribution in [2.75, 3.05) is 23.9 Å². The molecule has 0 aliphatic heterocycles. The summed E-state index contributed by atoms with van der Waals surface area (Å²) in [6.45, 7) is 4.80. The van der Waals surface area contributed by atoms with Crippen LogP contribution in [0.2, 0.25) is 0 Å². The molecular weight excluding hydrogens is 280 g/mol. The molecular formula is C13H22N2O2S2. The van der Waals surface area contributed by atoms with E-state index in [2.05, 4.69) is 10.0 Å². The summed E-state index contributed by atoms with van der Waals surface area (Å²) in [6, 6.07) is 6.81. The van der Waals surface area contributed by atoms with Crippen LogP contribution < -0.4 is 10.0 Å². The molecule has 0 radical (unpaired) electrons. The highest BCUT2D eigenvalue weighted by atomic mass is 32.2. The summed E-state index contributed by atoms with van der Waals surface area (Å²) in [5, 5.41) is 3.14. The highest BCUT2D eigenvalue weighted by Crippen LogP contribution is 2.15. The maximum Gasteiger partial charge on any atom is 0.240 e. The Bertz CT molecular complexity index is 472. The first-order chi connectivity index (χ1) is 9.03. The normalized spacial score (nSPS) is 13.2. The number of rotatable bonds is 8. The minimum absolute atomic E-state index is 0.0200. The van der Waals surface area contributed by atoms with Gasteiger partial charge in [0.2, 0.25) is 10.0 Å². The third-order valence-electron chi connectivity index (χ3n) is 2.73. The summed E-state index contributed by atoms with van der Waals surface area (Å²) in [7, 11) is -3.42. The standard InChI is InChI=1S/C13H22N2O2S2/c1-4-11(10-18-3)15-19(16,17)13-8-6-12(7-9-13)14-5-2/h6-9,11,14-15H,4-5,10H2,1-3H3. The molecule has 0 saturated heterocycles. The van der Waals surface area contributed by atoms with Crippen molar-refractivity contribution in [3.05, 3.63) is 24.3 Å². The number of anilines is 1. The summed E-state index contributed by atoms with van der Waals surface area (Å²) in [4.78, 5) is 0.314. The Balaban J connectivity index is 2.81. The lowest BCUT2D eigenvalue weighted by atomic mass is 10.3. The third-order valence-corrected chi connectivity index (χ3v) is 5.00. The van der Waals surface area contributed by atoms with Gasteiger partial charge < -0.3 is 5.32 Å². The molecule has 19 heavy (non-hydrogen) atoms. The van der Waals surface area contributed by atoms with E-state index >= 15 is 0 Å². The number of hydrogen-bond acceptors (Lipinski definition) is 4. The minimum atomic E-state index is -3.42. The molecule has 0 heterocycles. The van der Waals surface area contributed by atoms with Gasteiger partial charge in [-0.05, 0) is 43.9 Å². The maximum atomic E-state index is 12.2. The number of sulfonamides is 1. The summed E-state index contributed by atoms with van der Waals surface area (Å²) in [6.07, 6.45) is 2.76. The van der Waals surface area contributed by atoms with E-state index in [1.807, 2.05) is 20.1 Å². The molecule has 0 fully saturated rings. The van der Waals surface area contributed by atoms with Crippen molar-refractivity contribution in [2.45, 2.75) is 31.2 Å². The monoisotopic (exact) mass is 302 g/mol. The van der Waals surface area contributed by atoms with Crippen LogP contribution in [0.15, 0.2) is 29.2 Å². The van der Waals surface area contributed by atoms with Gasteiger partial charge in [-0.15, -0.1) is 0 Å². The zero-order valence-electron chi connectivity index (χ0n) is 11.6. The zero-order chi connectivity index (χ0) is 14.3. The molecule has 6 heteroatoms. The SMILES string of the molecule is CCNc1ccc(S(=O)(=O)NC(CC)CSC)cc1. The van der Waals surface area contributed by atoms with E-state index < -0.39 is 10.0 Å². The van der Waals surface area contributed by atoms with Crippen molar-refractivity contribution in [3.63, 3.8) is 0 Å². The minimum Gasteiger partial charge on any atom is -0.385 e. The highest BCUT2D eigenvalue weighted by molar-refractivity contribution is 7.98. The molecule has 0 amide bonds. The molecule has 108 valence electrons. The van der Waals surface area contributed by atoms with Gasteiger partial charge in [-0.1, -0.05) is 6.92 Å². The Labute approximate surface area is 120 Å². The first-order valence-corrected chi connectivity index (χ1v) is 9.26.